The molecule has 0 heterocycles. The third kappa shape index (κ3) is 4.69. The summed E-state index contributed by atoms with van der Waals surface area (Å²) in [7, 11) is 1.60. The Kier molecular flexibility index (Phi) is 6.13. The van der Waals surface area contributed by atoms with Crippen LogP contribution in [-0.2, 0) is 4.84 Å². The summed E-state index contributed by atoms with van der Waals surface area (Å²) >= 11 is 0. The topological polar surface area (TPSA) is 52.1 Å². The molecule has 0 fully saturated rings. The normalized spacial score (nSPS) is 10.5. The molecule has 0 spiro atoms. The van der Waals surface area contributed by atoms with E-state index in [9.17, 15) is 4.79 Å². The fourth-order valence-corrected chi connectivity index (χ4v) is 2.16. The number of carbonyl (C=O) groups is 1. The van der Waals surface area contributed by atoms with E-state index >= 15 is 0 Å². The first-order chi connectivity index (χ1) is 10.7. The summed E-state index contributed by atoms with van der Waals surface area (Å²) in [6.45, 7) is 2.56. The molecule has 116 valence electrons. The van der Waals surface area contributed by atoms with Crippen LogP contribution in [-0.4, -0.2) is 19.5 Å². The van der Waals surface area contributed by atoms with Crippen molar-refractivity contribution in [3.63, 3.8) is 0 Å². The number of benzene rings is 2. The van der Waals surface area contributed by atoms with Gasteiger partial charge in [0.25, 0.3) is 0 Å². The van der Waals surface area contributed by atoms with Gasteiger partial charge in [0.05, 0.1) is 13.7 Å². The molecule has 2 rings (SSSR count). The van der Waals surface area contributed by atoms with Gasteiger partial charge >= 0.3 is 0 Å². The summed E-state index contributed by atoms with van der Waals surface area (Å²) in [5.74, 6) is 1.02. The summed E-state index contributed by atoms with van der Waals surface area (Å²) in [6, 6.07) is 15.3. The Morgan fingerprint density at radius 1 is 1.09 bits per heavy atom. The van der Waals surface area contributed by atoms with Crippen molar-refractivity contribution in [3.8, 4) is 5.75 Å². The molecule has 22 heavy (non-hydrogen) atoms. The van der Waals surface area contributed by atoms with E-state index in [1.807, 2.05) is 55.5 Å². The average molecular weight is 300 g/mol. The van der Waals surface area contributed by atoms with Gasteiger partial charge < -0.3 is 4.74 Å². The summed E-state index contributed by atoms with van der Waals surface area (Å²) in [6.07, 6.45) is 1.19. The second-order valence-electron chi connectivity index (χ2n) is 5.12. The van der Waals surface area contributed by atoms with E-state index in [0.29, 0.717) is 19.4 Å². The van der Waals surface area contributed by atoms with Crippen molar-refractivity contribution in [2.24, 2.45) is 0 Å². The van der Waals surface area contributed by atoms with E-state index in [4.69, 9.17) is 9.57 Å². The molecule has 0 aromatic heterocycles. The quantitative estimate of drug-likeness (QED) is 0.353. The van der Waals surface area contributed by atoms with Crippen molar-refractivity contribution in [1.82, 2.24) is 0 Å². The van der Waals surface area contributed by atoms with Gasteiger partial charge in [0, 0.05) is 24.1 Å². The molecule has 0 saturated carbocycles. The van der Waals surface area contributed by atoms with Crippen LogP contribution in [0.5, 0.6) is 5.75 Å². The maximum absolute atomic E-state index is 12.1. The van der Waals surface area contributed by atoms with Gasteiger partial charge in [0.15, 0.2) is 11.5 Å². The molecule has 4 nitrogen and oxygen atoms in total. The predicted octanol–water partition coefficient (Wildman–Crippen LogP) is 2.79. The number of aryl methyl sites for hydroxylation is 1. The van der Waals surface area contributed by atoms with Gasteiger partial charge in [0.2, 0.25) is 0 Å². The smallest absolute Gasteiger partial charge is 0.163 e. The zero-order chi connectivity index (χ0) is 15.8. The van der Waals surface area contributed by atoms with Crippen molar-refractivity contribution < 1.29 is 19.8 Å². The lowest BCUT2D eigenvalue weighted by Gasteiger charge is -2.08. The van der Waals surface area contributed by atoms with Crippen LogP contribution in [0.25, 0.3) is 0 Å². The fourth-order valence-electron chi connectivity index (χ4n) is 2.16. The van der Waals surface area contributed by atoms with Gasteiger partial charge in [-0.25, -0.2) is 4.84 Å². The Labute approximate surface area is 131 Å². The third-order valence-corrected chi connectivity index (χ3v) is 3.39. The average Bonchev–Trinajstić information content (AvgIpc) is 2.54. The molecule has 0 saturated heterocycles. The standard InChI is InChI=1S/C18H21NO3/c1-14-6-3-4-8-18(14)22-13-5-7-17(20)15-9-11-16(12-10-15)19-21-2/h3-4,6,8-12,19H,5,7,13H2,1-2H3/p+1. The van der Waals surface area contributed by atoms with Crippen LogP contribution in [0.4, 0.5) is 5.69 Å². The van der Waals surface area contributed by atoms with Crippen LogP contribution in [0.3, 0.4) is 0 Å². The fraction of sp³-hybridized carbons (Fsp3) is 0.278. The highest BCUT2D eigenvalue weighted by atomic mass is 16.6. The lowest BCUT2D eigenvalue weighted by molar-refractivity contribution is -0.830. The molecule has 0 bridgehead atoms. The zero-order valence-electron chi connectivity index (χ0n) is 13.0. The van der Waals surface area contributed by atoms with E-state index in [1.54, 1.807) is 12.6 Å². The molecule has 2 aromatic carbocycles. The maximum Gasteiger partial charge on any atom is 0.163 e. The van der Waals surface area contributed by atoms with Gasteiger partial charge in [-0.15, -0.1) is 0 Å². The number of ketones is 1. The van der Waals surface area contributed by atoms with Crippen molar-refractivity contribution in [2.75, 3.05) is 13.7 Å². The SMILES string of the molecule is CO[NH2+]c1ccc(C(=O)CCCOc2ccccc2C)cc1. The molecule has 0 unspecified atom stereocenters. The van der Waals surface area contributed by atoms with E-state index < -0.39 is 0 Å². The summed E-state index contributed by atoms with van der Waals surface area (Å²) in [5, 5.41) is 0. The van der Waals surface area contributed by atoms with Gasteiger partial charge in [-0.3, -0.25) is 4.79 Å². The molecule has 0 amide bonds. The summed E-state index contributed by atoms with van der Waals surface area (Å²) in [5.41, 5.74) is 4.43. The van der Waals surface area contributed by atoms with E-state index in [1.165, 1.54) is 0 Å². The van der Waals surface area contributed by atoms with Crippen molar-refractivity contribution in [2.45, 2.75) is 19.8 Å². The van der Waals surface area contributed by atoms with Crippen LogP contribution in [0.1, 0.15) is 28.8 Å². The Balaban J connectivity index is 1.77. The van der Waals surface area contributed by atoms with Crippen LogP contribution in [0.15, 0.2) is 48.5 Å². The van der Waals surface area contributed by atoms with E-state index in [-0.39, 0.29) is 5.78 Å². The Morgan fingerprint density at radius 2 is 1.82 bits per heavy atom. The molecule has 0 atom stereocenters. The third-order valence-electron chi connectivity index (χ3n) is 3.39. The van der Waals surface area contributed by atoms with E-state index in [2.05, 4.69) is 0 Å². The van der Waals surface area contributed by atoms with Crippen LogP contribution in [0.2, 0.25) is 0 Å². The van der Waals surface area contributed by atoms with Crippen LogP contribution >= 0.6 is 0 Å². The lowest BCUT2D eigenvalue weighted by atomic mass is 10.1. The number of para-hydroxylation sites is 1. The first kappa shape index (κ1) is 16.2. The molecule has 2 aromatic rings. The molecule has 4 heteroatoms. The number of hydrogen-bond acceptors (Lipinski definition) is 3. The number of rotatable bonds is 8. The molecular weight excluding hydrogens is 278 g/mol. The Hall–Kier alpha value is -2.17. The van der Waals surface area contributed by atoms with Crippen molar-refractivity contribution >= 4 is 11.5 Å². The van der Waals surface area contributed by atoms with Crippen LogP contribution in [0, 0.1) is 6.92 Å². The lowest BCUT2D eigenvalue weighted by Crippen LogP contribution is -2.75. The largest absolute Gasteiger partial charge is 0.493 e. The minimum absolute atomic E-state index is 0.136. The molecule has 2 N–H and O–H groups in total. The maximum atomic E-state index is 12.1. The monoisotopic (exact) mass is 300 g/mol. The number of ether oxygens (including phenoxy) is 1. The zero-order valence-corrected chi connectivity index (χ0v) is 13.0. The first-order valence-corrected chi connectivity index (χ1v) is 7.38. The first-order valence-electron chi connectivity index (χ1n) is 7.38. The van der Waals surface area contributed by atoms with E-state index in [0.717, 1.165) is 22.6 Å². The van der Waals surface area contributed by atoms with Gasteiger partial charge in [-0.2, -0.15) is 5.48 Å². The van der Waals surface area contributed by atoms with Gasteiger partial charge in [0.1, 0.15) is 5.75 Å². The minimum Gasteiger partial charge on any atom is -0.493 e. The second-order valence-corrected chi connectivity index (χ2v) is 5.12. The highest BCUT2D eigenvalue weighted by Gasteiger charge is 2.07. The molecule has 0 aliphatic rings. The summed E-state index contributed by atoms with van der Waals surface area (Å²) in [4.78, 5) is 17.0. The summed E-state index contributed by atoms with van der Waals surface area (Å²) < 4.78 is 5.70. The van der Waals surface area contributed by atoms with Crippen molar-refractivity contribution in [3.05, 3.63) is 59.7 Å². The van der Waals surface area contributed by atoms with Gasteiger partial charge in [-0.05, 0) is 37.1 Å². The second kappa shape index (κ2) is 8.32. The Morgan fingerprint density at radius 3 is 2.50 bits per heavy atom. The minimum atomic E-state index is 0.136. The Bertz CT molecular complexity index is 608. The van der Waals surface area contributed by atoms with Crippen molar-refractivity contribution in [1.29, 1.82) is 0 Å². The molecular formula is C18H22NO3+. The highest BCUT2D eigenvalue weighted by Crippen LogP contribution is 2.16. The number of nitrogens with two attached hydrogens (primary N) is 1. The molecule has 0 radical (unpaired) electrons. The predicted molar refractivity (Wildman–Crippen MR) is 85.3 cm³/mol. The molecule has 0 aliphatic heterocycles. The number of Topliss-reactive ketones (excluding diaryl/α,β-unsaturated/α-hetero) is 1. The highest BCUT2D eigenvalue weighted by molar-refractivity contribution is 5.96. The van der Waals surface area contributed by atoms with Crippen LogP contribution < -0.4 is 10.2 Å². The number of hydrogen-bond donors (Lipinski definition) is 1. The number of carbonyl (C=O) groups excluding carboxylic acids is 1. The molecule has 0 aliphatic carbocycles. The number of quaternary nitrogens is 1. The van der Waals surface area contributed by atoms with Gasteiger partial charge in [-0.1, -0.05) is 18.2 Å².